The molecule has 1 N–H and O–H groups in total. The Morgan fingerprint density at radius 3 is 2.56 bits per heavy atom. The first-order valence-electron chi connectivity index (χ1n) is 7.37. The monoisotopic (exact) mass is 385 g/mol. The molecule has 2 aromatic rings. The number of rotatable bonds is 5. The first kappa shape index (κ1) is 17.6. The van der Waals surface area contributed by atoms with Gasteiger partial charge in [-0.2, -0.15) is 4.31 Å². The lowest BCUT2D eigenvalue weighted by molar-refractivity contribution is -0.131. The summed E-state index contributed by atoms with van der Waals surface area (Å²) in [4.78, 5) is 24.7. The molecule has 2 aromatic heterocycles. The molecule has 3 rings (SSSR count). The van der Waals surface area contributed by atoms with Crippen LogP contribution in [0.5, 0.6) is 0 Å². The van der Waals surface area contributed by atoms with E-state index in [4.69, 9.17) is 5.11 Å². The second-order valence-corrected chi connectivity index (χ2v) is 8.49. The normalized spacial score (nSPS) is 16.1. The summed E-state index contributed by atoms with van der Waals surface area (Å²) < 4.78 is 31.1. The van der Waals surface area contributed by atoms with Gasteiger partial charge in [0.05, 0.1) is 17.7 Å². The van der Waals surface area contributed by atoms with Crippen molar-refractivity contribution in [3.05, 3.63) is 35.0 Å². The number of hydrogen-bond donors (Lipinski definition) is 1. The van der Waals surface area contributed by atoms with Gasteiger partial charge in [0, 0.05) is 37.6 Å². The van der Waals surface area contributed by atoms with E-state index in [0.717, 1.165) is 17.4 Å². The molecule has 3 heterocycles. The molecule has 11 heteroatoms. The van der Waals surface area contributed by atoms with Gasteiger partial charge in [-0.25, -0.2) is 13.2 Å². The predicted molar refractivity (Wildman–Crippen MR) is 86.8 cm³/mol. The van der Waals surface area contributed by atoms with E-state index in [0.29, 0.717) is 5.69 Å². The highest BCUT2D eigenvalue weighted by Gasteiger charge is 2.31. The van der Waals surface area contributed by atoms with Crippen LogP contribution in [0.3, 0.4) is 0 Å². The number of aromatic nitrogens is 1. The second kappa shape index (κ2) is 6.94. The Labute approximate surface area is 147 Å². The number of piperazine rings is 1. The highest BCUT2D eigenvalue weighted by Crippen LogP contribution is 2.25. The molecule has 25 heavy (non-hydrogen) atoms. The minimum absolute atomic E-state index is 0.00715. The van der Waals surface area contributed by atoms with E-state index in [-0.39, 0.29) is 48.3 Å². The zero-order valence-electron chi connectivity index (χ0n) is 13.0. The zero-order valence-corrected chi connectivity index (χ0v) is 14.6. The molecule has 1 fully saturated rings. The van der Waals surface area contributed by atoms with Gasteiger partial charge >= 0.3 is 5.97 Å². The minimum atomic E-state index is -3.75. The third-order valence-electron chi connectivity index (χ3n) is 3.83. The van der Waals surface area contributed by atoms with Gasteiger partial charge in [-0.1, -0.05) is 5.16 Å². The number of carbonyl (C=O) groups excluding carboxylic acids is 1. The standard InChI is InChI=1S/C14H15N3O6S2/c18-12(8-11-1-6-23-15-11)16-2-4-17(5-3-16)25(21,22)13-7-10(9-24-13)14(19)20/h1,6-7,9H,2-5,8H2,(H,19,20). The van der Waals surface area contributed by atoms with Gasteiger partial charge in [0.2, 0.25) is 5.91 Å². The number of carboxylic acids is 1. The Morgan fingerprint density at radius 2 is 2.00 bits per heavy atom. The van der Waals surface area contributed by atoms with Crippen molar-refractivity contribution >= 4 is 33.2 Å². The Bertz CT molecular complexity index is 866. The number of carboxylic acid groups (broad SMARTS) is 1. The molecule has 1 aliphatic heterocycles. The Kier molecular flexibility index (Phi) is 4.88. The summed E-state index contributed by atoms with van der Waals surface area (Å²) in [6.45, 7) is 0.862. The maximum Gasteiger partial charge on any atom is 0.336 e. The molecule has 0 spiro atoms. The van der Waals surface area contributed by atoms with E-state index in [9.17, 15) is 18.0 Å². The SMILES string of the molecule is O=C(O)c1csc(S(=O)(=O)N2CCN(C(=O)Cc3ccon3)CC2)c1. The van der Waals surface area contributed by atoms with Gasteiger partial charge in [-0.3, -0.25) is 4.79 Å². The van der Waals surface area contributed by atoms with E-state index in [1.807, 2.05) is 0 Å². The summed E-state index contributed by atoms with van der Waals surface area (Å²) in [6.07, 6.45) is 1.50. The molecule has 0 atom stereocenters. The molecule has 9 nitrogen and oxygen atoms in total. The van der Waals surface area contributed by atoms with E-state index in [1.54, 1.807) is 11.0 Å². The maximum atomic E-state index is 12.6. The van der Waals surface area contributed by atoms with Gasteiger partial charge < -0.3 is 14.5 Å². The summed E-state index contributed by atoms with van der Waals surface area (Å²) in [5, 5.41) is 13.9. The minimum Gasteiger partial charge on any atom is -0.478 e. The molecule has 0 saturated carbocycles. The molecule has 0 radical (unpaired) electrons. The lowest BCUT2D eigenvalue weighted by Crippen LogP contribution is -2.50. The van der Waals surface area contributed by atoms with Crippen LogP contribution < -0.4 is 0 Å². The summed E-state index contributed by atoms with van der Waals surface area (Å²) in [5.74, 6) is -1.31. The fourth-order valence-electron chi connectivity index (χ4n) is 2.46. The first-order valence-corrected chi connectivity index (χ1v) is 9.69. The maximum absolute atomic E-state index is 12.6. The fraction of sp³-hybridized carbons (Fsp3) is 0.357. The summed E-state index contributed by atoms with van der Waals surface area (Å²) in [5.41, 5.74) is 0.477. The van der Waals surface area contributed by atoms with Crippen molar-refractivity contribution < 1.29 is 27.6 Å². The van der Waals surface area contributed by atoms with Crippen LogP contribution in [0.1, 0.15) is 16.1 Å². The number of aromatic carboxylic acids is 1. The number of amides is 1. The van der Waals surface area contributed by atoms with Gasteiger partial charge in [0.15, 0.2) is 0 Å². The number of sulfonamides is 1. The highest BCUT2D eigenvalue weighted by atomic mass is 32.2. The van der Waals surface area contributed by atoms with Crippen LogP contribution in [0.2, 0.25) is 0 Å². The topological polar surface area (TPSA) is 121 Å². The lowest BCUT2D eigenvalue weighted by atomic mass is 10.2. The average molecular weight is 385 g/mol. The lowest BCUT2D eigenvalue weighted by Gasteiger charge is -2.33. The first-order chi connectivity index (χ1) is 11.9. The van der Waals surface area contributed by atoms with Crippen LogP contribution in [0, 0.1) is 0 Å². The molecule has 0 unspecified atom stereocenters. The van der Waals surface area contributed by atoms with Crippen LogP contribution in [0.15, 0.2) is 32.5 Å². The van der Waals surface area contributed by atoms with Crippen LogP contribution in [-0.2, 0) is 21.2 Å². The Morgan fingerprint density at radius 1 is 1.28 bits per heavy atom. The van der Waals surface area contributed by atoms with Crippen molar-refractivity contribution in [1.82, 2.24) is 14.4 Å². The predicted octanol–water partition coefficient (Wildman–Crippen LogP) is 0.510. The van der Waals surface area contributed by atoms with E-state index in [1.165, 1.54) is 15.9 Å². The molecule has 0 aliphatic carbocycles. The summed E-state index contributed by atoms with van der Waals surface area (Å²) in [7, 11) is -3.75. The second-order valence-electron chi connectivity index (χ2n) is 5.41. The van der Waals surface area contributed by atoms with E-state index >= 15 is 0 Å². The Balaban J connectivity index is 1.62. The van der Waals surface area contributed by atoms with Crippen molar-refractivity contribution in [2.75, 3.05) is 26.2 Å². The molecule has 1 saturated heterocycles. The van der Waals surface area contributed by atoms with Crippen molar-refractivity contribution in [2.45, 2.75) is 10.6 Å². The quantitative estimate of drug-likeness (QED) is 0.796. The summed E-state index contributed by atoms with van der Waals surface area (Å²) in [6, 6.07) is 2.76. The molecular formula is C14H15N3O6S2. The Hall–Kier alpha value is -2.24. The van der Waals surface area contributed by atoms with Crippen LogP contribution in [-0.4, -0.2) is 65.9 Å². The number of thiophene rings is 1. The van der Waals surface area contributed by atoms with E-state index in [2.05, 4.69) is 9.68 Å². The zero-order chi connectivity index (χ0) is 18.0. The molecule has 1 aliphatic rings. The van der Waals surface area contributed by atoms with Gasteiger partial charge in [0.25, 0.3) is 10.0 Å². The van der Waals surface area contributed by atoms with Crippen molar-refractivity contribution in [3.8, 4) is 0 Å². The smallest absolute Gasteiger partial charge is 0.336 e. The van der Waals surface area contributed by atoms with Crippen molar-refractivity contribution in [3.63, 3.8) is 0 Å². The highest BCUT2D eigenvalue weighted by molar-refractivity contribution is 7.91. The van der Waals surface area contributed by atoms with Crippen LogP contribution >= 0.6 is 11.3 Å². The molecule has 134 valence electrons. The molecule has 0 aromatic carbocycles. The third kappa shape index (κ3) is 3.72. The fourth-order valence-corrected chi connectivity index (χ4v) is 5.19. The van der Waals surface area contributed by atoms with Crippen molar-refractivity contribution in [2.24, 2.45) is 0 Å². The van der Waals surface area contributed by atoms with Crippen molar-refractivity contribution in [1.29, 1.82) is 0 Å². The molecular weight excluding hydrogens is 370 g/mol. The average Bonchev–Trinajstić information content (AvgIpc) is 3.26. The van der Waals surface area contributed by atoms with Gasteiger partial charge in [0.1, 0.15) is 10.5 Å². The van der Waals surface area contributed by atoms with Crippen LogP contribution in [0.4, 0.5) is 0 Å². The number of nitrogens with zero attached hydrogens (tertiary/aromatic N) is 3. The molecule has 1 amide bonds. The largest absolute Gasteiger partial charge is 0.478 e. The van der Waals surface area contributed by atoms with Gasteiger partial charge in [-0.15, -0.1) is 11.3 Å². The van der Waals surface area contributed by atoms with E-state index < -0.39 is 16.0 Å². The number of carbonyl (C=O) groups is 2. The summed E-state index contributed by atoms with van der Waals surface area (Å²) >= 11 is 0.879. The third-order valence-corrected chi connectivity index (χ3v) is 7.15. The number of hydrogen-bond acceptors (Lipinski definition) is 7. The van der Waals surface area contributed by atoms with Gasteiger partial charge in [-0.05, 0) is 6.07 Å². The molecule has 0 bridgehead atoms. The van der Waals surface area contributed by atoms with Crippen LogP contribution in [0.25, 0.3) is 0 Å².